The second kappa shape index (κ2) is 20.1. The lowest BCUT2D eigenvalue weighted by Gasteiger charge is -2.21. The SMILES string of the molecule is CCCCCCCCOc1cc2nc(N(CCCC)CCCC)sc2c(OCCCCCCCC)c1N=[NH2+]. The summed E-state index contributed by atoms with van der Waals surface area (Å²) in [6.07, 6.45) is 19.4. The molecule has 0 saturated carbocycles. The third-order valence-electron chi connectivity index (χ3n) is 7.03. The Labute approximate surface area is 236 Å². The monoisotopic (exact) mass is 547 g/mol. The van der Waals surface area contributed by atoms with Crippen LogP contribution in [0.5, 0.6) is 11.5 Å². The van der Waals surface area contributed by atoms with Crippen molar-refractivity contribution in [1.82, 2.24) is 4.98 Å². The van der Waals surface area contributed by atoms with Crippen LogP contribution < -0.4 is 19.9 Å². The van der Waals surface area contributed by atoms with Crippen molar-refractivity contribution in [1.29, 1.82) is 0 Å². The smallest absolute Gasteiger partial charge is 0.215 e. The molecule has 0 aliphatic rings. The molecule has 1 heterocycles. The fourth-order valence-corrected chi connectivity index (χ4v) is 5.71. The molecule has 6 nitrogen and oxygen atoms in total. The van der Waals surface area contributed by atoms with Crippen LogP contribution in [0.25, 0.3) is 10.2 Å². The van der Waals surface area contributed by atoms with Gasteiger partial charge in [-0.25, -0.2) is 4.98 Å². The molecule has 0 saturated heterocycles. The van der Waals surface area contributed by atoms with E-state index in [2.05, 4.69) is 37.7 Å². The van der Waals surface area contributed by atoms with E-state index in [1.807, 2.05) is 6.07 Å². The highest BCUT2D eigenvalue weighted by molar-refractivity contribution is 7.22. The van der Waals surface area contributed by atoms with Gasteiger partial charge in [0.2, 0.25) is 5.69 Å². The van der Waals surface area contributed by atoms with Crippen LogP contribution in [0.3, 0.4) is 0 Å². The number of ether oxygens (including phenoxy) is 2. The van der Waals surface area contributed by atoms with Crippen LogP contribution in [0, 0.1) is 0 Å². The number of aromatic nitrogens is 1. The molecule has 2 rings (SSSR count). The number of hydrogen-bond donors (Lipinski definition) is 1. The average Bonchev–Trinajstić information content (AvgIpc) is 3.35. The first kappa shape index (κ1) is 32.3. The Kier molecular flexibility index (Phi) is 17.1. The predicted molar refractivity (Wildman–Crippen MR) is 163 cm³/mol. The first-order valence-electron chi connectivity index (χ1n) is 15.6. The molecule has 0 aliphatic heterocycles. The van der Waals surface area contributed by atoms with Crippen LogP contribution in [0.4, 0.5) is 10.8 Å². The third kappa shape index (κ3) is 11.1. The number of nitrogens with two attached hydrogens (primary N) is 1. The largest absolute Gasteiger partial charge is 0.491 e. The summed E-state index contributed by atoms with van der Waals surface area (Å²) in [5.41, 5.74) is 7.50. The average molecular weight is 548 g/mol. The number of benzene rings is 1. The van der Waals surface area contributed by atoms with Gasteiger partial charge in [-0.05, 0) is 30.8 Å². The van der Waals surface area contributed by atoms with Gasteiger partial charge in [-0.1, -0.05) is 116 Å². The first-order valence-corrected chi connectivity index (χ1v) is 16.4. The molecule has 2 aromatic rings. The van der Waals surface area contributed by atoms with Crippen LogP contribution in [0.2, 0.25) is 0 Å². The summed E-state index contributed by atoms with van der Waals surface area (Å²) in [7, 11) is 0. The lowest BCUT2D eigenvalue weighted by Crippen LogP contribution is -2.25. The molecule has 0 radical (unpaired) electrons. The molecule has 2 N–H and O–H groups in total. The zero-order valence-electron chi connectivity index (χ0n) is 24.9. The van der Waals surface area contributed by atoms with Crippen molar-refractivity contribution in [2.75, 3.05) is 31.2 Å². The van der Waals surface area contributed by atoms with E-state index in [0.29, 0.717) is 24.7 Å². The van der Waals surface area contributed by atoms with Gasteiger partial charge in [-0.15, -0.1) is 0 Å². The number of anilines is 1. The molecule has 0 bridgehead atoms. The Hall–Kier alpha value is -1.89. The van der Waals surface area contributed by atoms with E-state index in [9.17, 15) is 0 Å². The van der Waals surface area contributed by atoms with E-state index in [4.69, 9.17) is 20.0 Å². The highest BCUT2D eigenvalue weighted by Gasteiger charge is 2.23. The highest BCUT2D eigenvalue weighted by atomic mass is 32.1. The number of hydrogen-bond acceptors (Lipinski definition) is 6. The van der Waals surface area contributed by atoms with E-state index in [1.54, 1.807) is 11.3 Å². The number of rotatable bonds is 24. The van der Waals surface area contributed by atoms with Gasteiger partial charge in [-0.2, -0.15) is 5.53 Å². The minimum atomic E-state index is 0.623. The fraction of sp³-hybridized carbons (Fsp3) is 0.774. The number of unbranched alkanes of at least 4 members (excludes halogenated alkanes) is 12. The number of thiazole rings is 1. The zero-order valence-corrected chi connectivity index (χ0v) is 25.7. The van der Waals surface area contributed by atoms with Crippen LogP contribution >= 0.6 is 11.3 Å². The van der Waals surface area contributed by atoms with E-state index >= 15 is 0 Å². The topological polar surface area (TPSA) is 72.5 Å². The third-order valence-corrected chi connectivity index (χ3v) is 8.16. The molecule has 7 heteroatoms. The Balaban J connectivity index is 2.24. The van der Waals surface area contributed by atoms with Gasteiger partial charge in [0.1, 0.15) is 4.70 Å². The minimum Gasteiger partial charge on any atom is -0.491 e. The van der Waals surface area contributed by atoms with E-state index in [0.717, 1.165) is 59.9 Å². The van der Waals surface area contributed by atoms with Crippen LogP contribution in [-0.2, 0) is 0 Å². The van der Waals surface area contributed by atoms with Crippen molar-refractivity contribution in [3.63, 3.8) is 0 Å². The summed E-state index contributed by atoms with van der Waals surface area (Å²) in [5.74, 6) is 1.43. The molecular formula is C31H55N4O2S+. The Morgan fingerprint density at radius 3 is 1.82 bits per heavy atom. The number of fused-ring (bicyclic) bond motifs is 1. The van der Waals surface area contributed by atoms with Crippen LogP contribution in [0.15, 0.2) is 11.2 Å². The highest BCUT2D eigenvalue weighted by Crippen LogP contribution is 2.47. The molecule has 0 atom stereocenters. The predicted octanol–water partition coefficient (Wildman–Crippen LogP) is 9.02. The molecular weight excluding hydrogens is 492 g/mol. The normalized spacial score (nSPS) is 11.3. The zero-order chi connectivity index (χ0) is 27.4. The summed E-state index contributed by atoms with van der Waals surface area (Å²) >= 11 is 1.70. The molecule has 0 spiro atoms. The minimum absolute atomic E-state index is 0.623. The van der Waals surface area contributed by atoms with Crippen molar-refractivity contribution in [3.8, 4) is 11.5 Å². The van der Waals surface area contributed by atoms with E-state index in [-0.39, 0.29) is 0 Å². The first-order chi connectivity index (χ1) is 18.7. The summed E-state index contributed by atoms with van der Waals surface area (Å²) in [5, 5.41) is 5.23. The van der Waals surface area contributed by atoms with Crippen LogP contribution in [0.1, 0.15) is 130 Å². The van der Waals surface area contributed by atoms with Gasteiger partial charge in [0.25, 0.3) is 0 Å². The van der Waals surface area contributed by atoms with Crippen molar-refractivity contribution < 1.29 is 15.0 Å². The lowest BCUT2D eigenvalue weighted by molar-refractivity contribution is -0.210. The Morgan fingerprint density at radius 1 is 0.737 bits per heavy atom. The van der Waals surface area contributed by atoms with Crippen molar-refractivity contribution >= 4 is 32.4 Å². The summed E-state index contributed by atoms with van der Waals surface area (Å²) in [4.78, 5) is 7.51. The van der Waals surface area contributed by atoms with E-state index in [1.165, 1.54) is 77.0 Å². The molecule has 216 valence electrons. The quantitative estimate of drug-likeness (QED) is 0.105. The van der Waals surface area contributed by atoms with Crippen molar-refractivity contribution in [2.45, 2.75) is 130 Å². The molecule has 1 aromatic heterocycles. The standard InChI is InChI=1S/C31H54N4O2S/c1-5-9-13-15-17-19-23-36-27-25-26-30(38-31(33-26)35(21-11-7-3)22-12-8-4)29(28(27)34-32)37-24-20-18-16-14-10-6-2/h25,32H,5-24H2,1-4H3/p+1. The van der Waals surface area contributed by atoms with Gasteiger partial charge in [0.15, 0.2) is 16.6 Å². The van der Waals surface area contributed by atoms with Gasteiger partial charge >= 0.3 is 0 Å². The van der Waals surface area contributed by atoms with Crippen molar-refractivity contribution in [3.05, 3.63) is 6.07 Å². The summed E-state index contributed by atoms with van der Waals surface area (Å²) < 4.78 is 13.7. The van der Waals surface area contributed by atoms with Gasteiger partial charge < -0.3 is 14.4 Å². The van der Waals surface area contributed by atoms with Gasteiger partial charge in [0, 0.05) is 19.2 Å². The summed E-state index contributed by atoms with van der Waals surface area (Å²) in [6.45, 7) is 12.4. The second-order valence-electron chi connectivity index (χ2n) is 10.5. The molecule has 0 unspecified atom stereocenters. The molecule has 0 fully saturated rings. The Bertz CT molecular complexity index is 894. The van der Waals surface area contributed by atoms with Crippen LogP contribution in [-0.4, -0.2) is 31.3 Å². The molecule has 38 heavy (non-hydrogen) atoms. The van der Waals surface area contributed by atoms with Crippen molar-refractivity contribution in [2.24, 2.45) is 5.11 Å². The summed E-state index contributed by atoms with van der Waals surface area (Å²) in [6, 6.07) is 2.02. The Morgan fingerprint density at radius 2 is 1.26 bits per heavy atom. The second-order valence-corrected chi connectivity index (χ2v) is 11.4. The maximum atomic E-state index is 6.41. The fourth-order valence-electron chi connectivity index (χ4n) is 4.62. The van der Waals surface area contributed by atoms with Gasteiger partial charge in [0.05, 0.1) is 18.7 Å². The molecule has 0 aliphatic carbocycles. The van der Waals surface area contributed by atoms with E-state index < -0.39 is 0 Å². The van der Waals surface area contributed by atoms with Gasteiger partial charge in [-0.3, -0.25) is 0 Å². The number of nitrogens with zero attached hydrogens (tertiary/aromatic N) is 3. The molecule has 1 aromatic carbocycles. The lowest BCUT2D eigenvalue weighted by atomic mass is 10.1. The maximum Gasteiger partial charge on any atom is 0.215 e. The molecule has 0 amide bonds. The maximum absolute atomic E-state index is 6.41.